The zero-order valence-corrected chi connectivity index (χ0v) is 11.7. The first-order valence-electron chi connectivity index (χ1n) is 6.58. The third-order valence-electron chi connectivity index (χ3n) is 2.79. The molecule has 1 saturated heterocycles. The molecule has 0 aromatic heterocycles. The molecule has 0 saturated carbocycles. The van der Waals surface area contributed by atoms with E-state index in [0.29, 0.717) is 13.2 Å². The molecule has 4 nitrogen and oxygen atoms in total. The highest BCUT2D eigenvalue weighted by molar-refractivity contribution is 5.77. The van der Waals surface area contributed by atoms with Crippen LogP contribution in [-0.4, -0.2) is 50.8 Å². The average molecular weight is 245 g/mol. The second-order valence-corrected chi connectivity index (χ2v) is 4.11. The van der Waals surface area contributed by atoms with Gasteiger partial charge in [-0.05, 0) is 18.8 Å². The van der Waals surface area contributed by atoms with Crippen molar-refractivity contribution in [1.82, 2.24) is 4.90 Å². The van der Waals surface area contributed by atoms with E-state index in [9.17, 15) is 4.79 Å². The summed E-state index contributed by atoms with van der Waals surface area (Å²) in [6, 6.07) is 0. The second kappa shape index (κ2) is 10.5. The van der Waals surface area contributed by atoms with Gasteiger partial charge < -0.3 is 14.4 Å². The minimum Gasteiger partial charge on any atom is -0.382 e. The van der Waals surface area contributed by atoms with Gasteiger partial charge >= 0.3 is 0 Å². The third-order valence-corrected chi connectivity index (χ3v) is 2.79. The van der Waals surface area contributed by atoms with E-state index in [1.807, 2.05) is 18.7 Å². The van der Waals surface area contributed by atoms with E-state index >= 15 is 0 Å². The van der Waals surface area contributed by atoms with Gasteiger partial charge in [0.1, 0.15) is 6.61 Å². The Bertz CT molecular complexity index is 189. The van der Waals surface area contributed by atoms with Crippen LogP contribution in [0.4, 0.5) is 0 Å². The molecule has 0 aromatic carbocycles. The van der Waals surface area contributed by atoms with Gasteiger partial charge in [-0.1, -0.05) is 20.8 Å². The van der Waals surface area contributed by atoms with Crippen LogP contribution in [0, 0.1) is 5.92 Å². The molecule has 0 aliphatic carbocycles. The van der Waals surface area contributed by atoms with Crippen molar-refractivity contribution in [2.24, 2.45) is 5.92 Å². The summed E-state index contributed by atoms with van der Waals surface area (Å²) in [6.45, 7) is 9.23. The van der Waals surface area contributed by atoms with Gasteiger partial charge in [0.05, 0.1) is 13.2 Å². The van der Waals surface area contributed by atoms with Gasteiger partial charge in [0.2, 0.25) is 5.91 Å². The van der Waals surface area contributed by atoms with Crippen molar-refractivity contribution in [3.05, 3.63) is 0 Å². The SMILES string of the molecule is CC.COCCOCC(=O)N1CCC(C)CC1. The Morgan fingerprint density at radius 3 is 2.35 bits per heavy atom. The Morgan fingerprint density at radius 1 is 1.24 bits per heavy atom. The van der Waals surface area contributed by atoms with Crippen LogP contribution in [0.1, 0.15) is 33.6 Å². The standard InChI is InChI=1S/C11H21NO3.C2H6/c1-10-3-5-12(6-4-10)11(13)9-15-8-7-14-2;1-2/h10H,3-9H2,1-2H3;1-2H3. The number of methoxy groups -OCH3 is 1. The highest BCUT2D eigenvalue weighted by atomic mass is 16.5. The molecule has 0 bridgehead atoms. The quantitative estimate of drug-likeness (QED) is 0.695. The zero-order chi connectivity index (χ0) is 13.1. The molecule has 0 spiro atoms. The summed E-state index contributed by atoms with van der Waals surface area (Å²) >= 11 is 0. The topological polar surface area (TPSA) is 38.8 Å². The van der Waals surface area contributed by atoms with Crippen LogP contribution in [-0.2, 0) is 14.3 Å². The van der Waals surface area contributed by atoms with Crippen molar-refractivity contribution in [2.45, 2.75) is 33.6 Å². The summed E-state index contributed by atoms with van der Waals surface area (Å²) in [5, 5.41) is 0. The summed E-state index contributed by atoms with van der Waals surface area (Å²) in [5.41, 5.74) is 0. The molecule has 0 radical (unpaired) electrons. The highest BCUT2D eigenvalue weighted by Crippen LogP contribution is 2.15. The predicted molar refractivity (Wildman–Crippen MR) is 69.0 cm³/mol. The normalized spacial score (nSPS) is 16.4. The van der Waals surface area contributed by atoms with Gasteiger partial charge in [0.15, 0.2) is 0 Å². The number of rotatable bonds is 5. The number of piperidine rings is 1. The van der Waals surface area contributed by atoms with Crippen molar-refractivity contribution in [3.63, 3.8) is 0 Å². The van der Waals surface area contributed by atoms with Crippen LogP contribution in [0.3, 0.4) is 0 Å². The Morgan fingerprint density at radius 2 is 1.82 bits per heavy atom. The fourth-order valence-corrected chi connectivity index (χ4v) is 1.65. The van der Waals surface area contributed by atoms with Crippen molar-refractivity contribution in [2.75, 3.05) is 40.0 Å². The maximum Gasteiger partial charge on any atom is 0.248 e. The maximum atomic E-state index is 11.6. The molecule has 17 heavy (non-hydrogen) atoms. The zero-order valence-electron chi connectivity index (χ0n) is 11.7. The Balaban J connectivity index is 0.00000121. The average Bonchev–Trinajstić information content (AvgIpc) is 2.38. The largest absolute Gasteiger partial charge is 0.382 e. The number of hydrogen-bond acceptors (Lipinski definition) is 3. The molecule has 102 valence electrons. The minimum atomic E-state index is 0.109. The Hall–Kier alpha value is -0.610. The molecule has 1 amide bonds. The van der Waals surface area contributed by atoms with Crippen LogP contribution in [0.5, 0.6) is 0 Å². The number of amides is 1. The van der Waals surface area contributed by atoms with Gasteiger partial charge in [-0.2, -0.15) is 0 Å². The van der Waals surface area contributed by atoms with Crippen LogP contribution in [0.15, 0.2) is 0 Å². The summed E-state index contributed by atoms with van der Waals surface area (Å²) in [5.74, 6) is 0.862. The molecule has 0 N–H and O–H groups in total. The number of carbonyl (C=O) groups excluding carboxylic acids is 1. The number of likely N-dealkylation sites (tertiary alicyclic amines) is 1. The summed E-state index contributed by atoms with van der Waals surface area (Å²) in [7, 11) is 1.62. The smallest absolute Gasteiger partial charge is 0.248 e. The molecule has 0 atom stereocenters. The first kappa shape index (κ1) is 16.4. The molecule has 0 aromatic rings. The molecule has 1 heterocycles. The molecule has 0 unspecified atom stereocenters. The van der Waals surface area contributed by atoms with Crippen molar-refractivity contribution in [1.29, 1.82) is 0 Å². The van der Waals surface area contributed by atoms with E-state index in [-0.39, 0.29) is 12.5 Å². The van der Waals surface area contributed by atoms with E-state index in [1.54, 1.807) is 7.11 Å². The predicted octanol–water partition coefficient (Wildman–Crippen LogP) is 1.93. The highest BCUT2D eigenvalue weighted by Gasteiger charge is 2.19. The number of nitrogens with zero attached hydrogens (tertiary/aromatic N) is 1. The molecular weight excluding hydrogens is 218 g/mol. The van der Waals surface area contributed by atoms with Gasteiger partial charge in [0.25, 0.3) is 0 Å². The lowest BCUT2D eigenvalue weighted by molar-refractivity contribution is -0.137. The summed E-state index contributed by atoms with van der Waals surface area (Å²) < 4.78 is 10.0. The number of hydrogen-bond donors (Lipinski definition) is 0. The molecule has 4 heteroatoms. The van der Waals surface area contributed by atoms with E-state index in [0.717, 1.165) is 31.8 Å². The number of carbonyl (C=O) groups is 1. The molecular formula is C13H27NO3. The third kappa shape index (κ3) is 7.34. The lowest BCUT2D eigenvalue weighted by Gasteiger charge is -2.30. The van der Waals surface area contributed by atoms with Crippen LogP contribution in [0.25, 0.3) is 0 Å². The van der Waals surface area contributed by atoms with E-state index < -0.39 is 0 Å². The Kier molecular flexibility index (Phi) is 10.2. The Labute approximate surface area is 105 Å². The van der Waals surface area contributed by atoms with Crippen molar-refractivity contribution in [3.8, 4) is 0 Å². The molecule has 1 aliphatic rings. The number of ether oxygens (including phenoxy) is 2. The lowest BCUT2D eigenvalue weighted by Crippen LogP contribution is -2.40. The van der Waals surface area contributed by atoms with Crippen LogP contribution < -0.4 is 0 Å². The van der Waals surface area contributed by atoms with E-state index in [1.165, 1.54) is 0 Å². The first-order chi connectivity index (χ1) is 8.24. The molecule has 1 aliphatic heterocycles. The molecule has 1 rings (SSSR count). The van der Waals surface area contributed by atoms with E-state index in [2.05, 4.69) is 6.92 Å². The van der Waals surface area contributed by atoms with Crippen molar-refractivity contribution < 1.29 is 14.3 Å². The van der Waals surface area contributed by atoms with Crippen molar-refractivity contribution >= 4 is 5.91 Å². The van der Waals surface area contributed by atoms with E-state index in [4.69, 9.17) is 9.47 Å². The lowest BCUT2D eigenvalue weighted by atomic mass is 9.99. The minimum absolute atomic E-state index is 0.109. The monoisotopic (exact) mass is 245 g/mol. The summed E-state index contributed by atoms with van der Waals surface area (Å²) in [6.07, 6.45) is 2.23. The van der Waals surface area contributed by atoms with Crippen LogP contribution >= 0.6 is 0 Å². The van der Waals surface area contributed by atoms with Gasteiger partial charge in [0, 0.05) is 20.2 Å². The summed E-state index contributed by atoms with van der Waals surface area (Å²) in [4.78, 5) is 13.5. The van der Waals surface area contributed by atoms with Gasteiger partial charge in [-0.25, -0.2) is 0 Å². The van der Waals surface area contributed by atoms with Crippen LogP contribution in [0.2, 0.25) is 0 Å². The van der Waals surface area contributed by atoms with Gasteiger partial charge in [-0.15, -0.1) is 0 Å². The first-order valence-corrected chi connectivity index (χ1v) is 6.58. The fraction of sp³-hybridized carbons (Fsp3) is 0.923. The molecule has 1 fully saturated rings. The second-order valence-electron chi connectivity index (χ2n) is 4.11. The van der Waals surface area contributed by atoms with Gasteiger partial charge in [-0.3, -0.25) is 4.79 Å². The fourth-order valence-electron chi connectivity index (χ4n) is 1.65. The maximum absolute atomic E-state index is 11.6.